The van der Waals surface area contributed by atoms with Crippen molar-refractivity contribution in [2.75, 3.05) is 13.6 Å². The van der Waals surface area contributed by atoms with Crippen molar-refractivity contribution in [1.29, 1.82) is 0 Å². The fourth-order valence-electron chi connectivity index (χ4n) is 2.95. The minimum atomic E-state index is 0.0756. The zero-order valence-corrected chi connectivity index (χ0v) is 12.3. The second-order valence-corrected chi connectivity index (χ2v) is 5.96. The molecule has 0 fully saturated rings. The number of benzene rings is 1. The molecular weight excluding hydrogens is 234 g/mol. The molecule has 104 valence electrons. The van der Waals surface area contributed by atoms with Gasteiger partial charge in [0.15, 0.2) is 5.78 Å². The maximum absolute atomic E-state index is 12.6. The van der Waals surface area contributed by atoms with E-state index in [0.717, 1.165) is 18.5 Å². The van der Waals surface area contributed by atoms with Crippen molar-refractivity contribution in [3.8, 4) is 0 Å². The van der Waals surface area contributed by atoms with Crippen LogP contribution in [0.25, 0.3) is 0 Å². The normalized spacial score (nSPS) is 16.2. The summed E-state index contributed by atoms with van der Waals surface area (Å²) in [5.74, 6) is 0.736. The lowest BCUT2D eigenvalue weighted by atomic mass is 9.84. The van der Waals surface area contributed by atoms with Crippen LogP contribution in [0.5, 0.6) is 0 Å². The molecule has 0 radical (unpaired) electrons. The van der Waals surface area contributed by atoms with Crippen molar-refractivity contribution in [3.05, 3.63) is 34.9 Å². The highest BCUT2D eigenvalue weighted by Gasteiger charge is 2.23. The smallest absolute Gasteiger partial charge is 0.167 e. The highest BCUT2D eigenvalue weighted by molar-refractivity contribution is 5.98. The van der Waals surface area contributed by atoms with E-state index in [4.69, 9.17) is 0 Å². The van der Waals surface area contributed by atoms with Crippen LogP contribution in [0.15, 0.2) is 18.2 Å². The maximum Gasteiger partial charge on any atom is 0.167 e. The summed E-state index contributed by atoms with van der Waals surface area (Å²) < 4.78 is 0. The lowest BCUT2D eigenvalue weighted by molar-refractivity contribution is 0.0886. The van der Waals surface area contributed by atoms with Crippen molar-refractivity contribution < 1.29 is 4.79 Å². The molecule has 1 aliphatic carbocycles. The SMILES string of the molecule is CNCC(C(=O)c1ccc2c(c1)CCCC2)C(C)C. The van der Waals surface area contributed by atoms with E-state index < -0.39 is 0 Å². The van der Waals surface area contributed by atoms with Crippen molar-refractivity contribution in [2.45, 2.75) is 39.5 Å². The predicted octanol–water partition coefficient (Wildman–Crippen LogP) is 3.24. The van der Waals surface area contributed by atoms with Gasteiger partial charge < -0.3 is 5.32 Å². The molecule has 0 saturated heterocycles. The standard InChI is InChI=1S/C17H25NO/c1-12(2)16(11-18-3)17(19)15-9-8-13-6-4-5-7-14(13)10-15/h8-10,12,16,18H,4-7,11H2,1-3H3. The van der Waals surface area contributed by atoms with Crippen molar-refractivity contribution in [1.82, 2.24) is 5.32 Å². The van der Waals surface area contributed by atoms with Gasteiger partial charge in [0.05, 0.1) is 0 Å². The van der Waals surface area contributed by atoms with Crippen LogP contribution in [0, 0.1) is 11.8 Å². The third-order valence-corrected chi connectivity index (χ3v) is 4.20. The summed E-state index contributed by atoms with van der Waals surface area (Å²) in [6.07, 6.45) is 4.85. The molecule has 0 aliphatic heterocycles. The Balaban J connectivity index is 2.22. The fraction of sp³-hybridized carbons (Fsp3) is 0.588. The first-order valence-electron chi connectivity index (χ1n) is 7.44. The summed E-state index contributed by atoms with van der Waals surface area (Å²) in [6, 6.07) is 6.33. The van der Waals surface area contributed by atoms with Gasteiger partial charge >= 0.3 is 0 Å². The van der Waals surface area contributed by atoms with Crippen LogP contribution in [-0.4, -0.2) is 19.4 Å². The third-order valence-electron chi connectivity index (χ3n) is 4.20. The zero-order chi connectivity index (χ0) is 13.8. The molecule has 19 heavy (non-hydrogen) atoms. The second-order valence-electron chi connectivity index (χ2n) is 5.96. The van der Waals surface area contributed by atoms with Crippen molar-refractivity contribution >= 4 is 5.78 Å². The predicted molar refractivity (Wildman–Crippen MR) is 79.7 cm³/mol. The molecule has 0 spiro atoms. The van der Waals surface area contributed by atoms with Crippen molar-refractivity contribution in [3.63, 3.8) is 0 Å². The largest absolute Gasteiger partial charge is 0.319 e. The van der Waals surface area contributed by atoms with Crippen LogP contribution in [0.1, 0.15) is 48.2 Å². The molecule has 2 nitrogen and oxygen atoms in total. The Labute approximate surface area is 116 Å². The van der Waals surface area contributed by atoms with E-state index >= 15 is 0 Å². The number of carbonyl (C=O) groups excluding carboxylic acids is 1. The lowest BCUT2D eigenvalue weighted by Crippen LogP contribution is -2.30. The number of Topliss-reactive ketones (excluding diaryl/α,β-unsaturated/α-hetero) is 1. The van der Waals surface area contributed by atoms with Gasteiger partial charge in [-0.3, -0.25) is 4.79 Å². The molecule has 1 N–H and O–H groups in total. The van der Waals surface area contributed by atoms with Gasteiger partial charge in [-0.1, -0.05) is 26.0 Å². The Bertz CT molecular complexity index is 451. The molecular formula is C17H25NO. The Hall–Kier alpha value is -1.15. The summed E-state index contributed by atoms with van der Waals surface area (Å²) in [5.41, 5.74) is 3.73. The Morgan fingerprint density at radius 1 is 1.21 bits per heavy atom. The summed E-state index contributed by atoms with van der Waals surface area (Å²) in [6.45, 7) is 5.00. The number of fused-ring (bicyclic) bond motifs is 1. The highest BCUT2D eigenvalue weighted by Crippen LogP contribution is 2.24. The Morgan fingerprint density at radius 3 is 2.53 bits per heavy atom. The Kier molecular flexibility index (Phi) is 4.76. The number of rotatable bonds is 5. The number of carbonyl (C=O) groups is 1. The molecule has 1 unspecified atom stereocenters. The van der Waals surface area contributed by atoms with Gasteiger partial charge in [-0.2, -0.15) is 0 Å². The van der Waals surface area contributed by atoms with E-state index in [1.54, 1.807) is 0 Å². The molecule has 1 atom stereocenters. The lowest BCUT2D eigenvalue weighted by Gasteiger charge is -2.21. The van der Waals surface area contributed by atoms with Crippen LogP contribution in [0.2, 0.25) is 0 Å². The molecule has 0 aromatic heterocycles. The molecule has 0 bridgehead atoms. The van der Waals surface area contributed by atoms with Crippen molar-refractivity contribution in [2.24, 2.45) is 11.8 Å². The van der Waals surface area contributed by atoms with Gasteiger partial charge in [0.25, 0.3) is 0 Å². The number of nitrogens with one attached hydrogen (secondary N) is 1. The molecule has 1 aliphatic rings. The second kappa shape index (κ2) is 6.33. The average Bonchev–Trinajstić information content (AvgIpc) is 2.43. The van der Waals surface area contributed by atoms with E-state index in [0.29, 0.717) is 5.92 Å². The molecule has 1 aromatic carbocycles. The first-order chi connectivity index (χ1) is 9.13. The van der Waals surface area contributed by atoms with E-state index in [1.165, 1.54) is 30.4 Å². The summed E-state index contributed by atoms with van der Waals surface area (Å²) in [7, 11) is 1.91. The molecule has 0 heterocycles. The van der Waals surface area contributed by atoms with Crippen LogP contribution < -0.4 is 5.32 Å². The number of aryl methyl sites for hydroxylation is 2. The van der Waals surface area contributed by atoms with Gasteiger partial charge in [-0.25, -0.2) is 0 Å². The van der Waals surface area contributed by atoms with E-state index in [-0.39, 0.29) is 11.7 Å². The van der Waals surface area contributed by atoms with Gasteiger partial charge in [0, 0.05) is 18.0 Å². The summed E-state index contributed by atoms with van der Waals surface area (Å²) >= 11 is 0. The first-order valence-corrected chi connectivity index (χ1v) is 7.44. The topological polar surface area (TPSA) is 29.1 Å². The summed E-state index contributed by atoms with van der Waals surface area (Å²) in [5, 5.41) is 3.14. The highest BCUT2D eigenvalue weighted by atomic mass is 16.1. The average molecular weight is 259 g/mol. The summed E-state index contributed by atoms with van der Waals surface area (Å²) in [4.78, 5) is 12.6. The van der Waals surface area contributed by atoms with Gasteiger partial charge in [0.1, 0.15) is 0 Å². The quantitative estimate of drug-likeness (QED) is 0.823. The van der Waals surface area contributed by atoms with Gasteiger partial charge in [-0.15, -0.1) is 0 Å². The van der Waals surface area contributed by atoms with Crippen LogP contribution in [-0.2, 0) is 12.8 Å². The van der Waals surface area contributed by atoms with Gasteiger partial charge in [-0.05, 0) is 55.8 Å². The van der Waals surface area contributed by atoms with E-state index in [9.17, 15) is 4.79 Å². The number of hydrogen-bond donors (Lipinski definition) is 1. The zero-order valence-electron chi connectivity index (χ0n) is 12.3. The van der Waals surface area contributed by atoms with Gasteiger partial charge in [0.2, 0.25) is 0 Å². The molecule has 0 amide bonds. The molecule has 1 aromatic rings. The number of hydrogen-bond acceptors (Lipinski definition) is 2. The van der Waals surface area contributed by atoms with Crippen LogP contribution >= 0.6 is 0 Å². The first kappa shape index (κ1) is 14.3. The minimum absolute atomic E-state index is 0.0756. The van der Waals surface area contributed by atoms with E-state index in [1.807, 2.05) is 13.1 Å². The van der Waals surface area contributed by atoms with Crippen LogP contribution in [0.3, 0.4) is 0 Å². The molecule has 2 rings (SSSR count). The molecule has 2 heteroatoms. The van der Waals surface area contributed by atoms with E-state index in [2.05, 4.69) is 31.3 Å². The molecule has 0 saturated carbocycles. The fourth-order valence-corrected chi connectivity index (χ4v) is 2.95. The minimum Gasteiger partial charge on any atom is -0.319 e. The maximum atomic E-state index is 12.6. The Morgan fingerprint density at radius 2 is 1.89 bits per heavy atom. The third kappa shape index (κ3) is 3.24. The monoisotopic (exact) mass is 259 g/mol. The van der Waals surface area contributed by atoms with Crippen LogP contribution in [0.4, 0.5) is 0 Å². The number of ketones is 1.